The van der Waals surface area contributed by atoms with Gasteiger partial charge in [0.2, 0.25) is 11.8 Å². The van der Waals surface area contributed by atoms with Crippen LogP contribution in [0.2, 0.25) is 0 Å². The summed E-state index contributed by atoms with van der Waals surface area (Å²) >= 11 is 0. The van der Waals surface area contributed by atoms with Crippen LogP contribution in [0.4, 0.5) is 5.69 Å². The quantitative estimate of drug-likeness (QED) is 0.0548. The molecular weight excluding hydrogens is 739 g/mol. The smallest absolute Gasteiger partial charge is 0.618 e. The van der Waals surface area contributed by atoms with E-state index in [1.165, 1.54) is 11.1 Å². The topological polar surface area (TPSA) is 233 Å². The van der Waals surface area contributed by atoms with Crippen LogP contribution in [0.25, 0.3) is 0 Å². The molecule has 2 amide bonds. The number of nitrogens with one attached hydrogen (secondary N) is 1. The molecular formula is C36H45BN3O12P2-. The van der Waals surface area contributed by atoms with Crippen LogP contribution in [0.15, 0.2) is 72.9 Å². The van der Waals surface area contributed by atoms with Crippen LogP contribution in [0.3, 0.4) is 0 Å². The molecule has 0 saturated carbocycles. The Balaban J connectivity index is 1.37. The van der Waals surface area contributed by atoms with Crippen LogP contribution in [0.1, 0.15) is 74.8 Å². The zero-order chi connectivity index (χ0) is 39.6. The fourth-order valence-corrected chi connectivity index (χ4v) is 8.43. The molecule has 1 aromatic heterocycles. The van der Waals surface area contributed by atoms with Gasteiger partial charge in [0.05, 0.1) is 5.94 Å². The van der Waals surface area contributed by atoms with Gasteiger partial charge < -0.3 is 43.7 Å². The van der Waals surface area contributed by atoms with Crippen LogP contribution in [0, 0.1) is 11.8 Å². The number of nitrogens with zero attached hydrogens (tertiary/aromatic N) is 2. The number of fused-ring (bicyclic) bond motifs is 1. The number of Topliss-reactive ketones (excluding diaryl/α,β-unsaturated/α-hetero) is 2. The Kier molecular flexibility index (Phi) is 14.9. The minimum absolute atomic E-state index is 0.0122. The Morgan fingerprint density at radius 2 is 1.57 bits per heavy atom. The highest BCUT2D eigenvalue weighted by Crippen LogP contribution is 2.59. The van der Waals surface area contributed by atoms with Crippen molar-refractivity contribution in [3.8, 4) is 11.5 Å². The SMILES string of the molecule is CC(C)C[C@@H](NC(=O)[C@H](CC(=O)c1ccccn1)Cc1ccccc1)B1Oc2ccc(N(C)C(=O)CCCCC(=O)CC(P(=O)([O-])O)P(=O)(O)O)cc2O1. The first kappa shape index (κ1) is 42.6. The molecule has 4 rings (SSSR count). The third-order valence-corrected chi connectivity index (χ3v) is 12.6. The molecule has 290 valence electrons. The first-order valence-electron chi connectivity index (χ1n) is 17.5. The lowest BCUT2D eigenvalue weighted by Crippen LogP contribution is -2.53. The molecule has 2 unspecified atom stereocenters. The van der Waals surface area contributed by atoms with Crippen molar-refractivity contribution in [2.24, 2.45) is 11.8 Å². The Bertz CT molecular complexity index is 1850. The molecule has 0 saturated heterocycles. The van der Waals surface area contributed by atoms with Crippen LogP contribution in [-0.4, -0.2) is 68.6 Å². The van der Waals surface area contributed by atoms with Crippen molar-refractivity contribution in [2.75, 3.05) is 11.9 Å². The fraction of sp³-hybridized carbons (Fsp3) is 0.417. The maximum atomic E-state index is 13.9. The third kappa shape index (κ3) is 12.4. The highest BCUT2D eigenvalue weighted by atomic mass is 31.2. The predicted molar refractivity (Wildman–Crippen MR) is 199 cm³/mol. The lowest BCUT2D eigenvalue weighted by molar-refractivity contribution is -0.194. The molecule has 2 heterocycles. The van der Waals surface area contributed by atoms with Crippen molar-refractivity contribution in [1.82, 2.24) is 10.3 Å². The molecule has 3 aromatic rings. The van der Waals surface area contributed by atoms with Crippen LogP contribution < -0.4 is 24.4 Å². The number of unbranched alkanes of at least 4 members (excludes halogenated alkanes) is 1. The van der Waals surface area contributed by atoms with E-state index in [1.54, 1.807) is 43.4 Å². The van der Waals surface area contributed by atoms with E-state index in [9.17, 15) is 43.0 Å². The van der Waals surface area contributed by atoms with Crippen molar-refractivity contribution in [3.05, 3.63) is 84.2 Å². The van der Waals surface area contributed by atoms with Gasteiger partial charge in [0, 0.05) is 56.6 Å². The van der Waals surface area contributed by atoms with Crippen molar-refractivity contribution >= 4 is 51.4 Å². The van der Waals surface area contributed by atoms with Crippen molar-refractivity contribution in [3.63, 3.8) is 0 Å². The monoisotopic (exact) mass is 784 g/mol. The number of ketones is 2. The summed E-state index contributed by atoms with van der Waals surface area (Å²) in [6.07, 6.45) is 1.43. The van der Waals surface area contributed by atoms with E-state index in [0.29, 0.717) is 30.0 Å². The zero-order valence-electron chi connectivity index (χ0n) is 30.3. The number of hydrogen-bond acceptors (Lipinski definition) is 10. The van der Waals surface area contributed by atoms with E-state index in [-0.39, 0.29) is 61.3 Å². The molecule has 15 nitrogen and oxygen atoms in total. The number of amides is 2. The summed E-state index contributed by atoms with van der Waals surface area (Å²) < 4.78 is 35.1. The number of carbonyl (C=O) groups excluding carboxylic acids is 4. The van der Waals surface area contributed by atoms with Gasteiger partial charge in [0.25, 0.3) is 0 Å². The average molecular weight is 785 g/mol. The van der Waals surface area contributed by atoms with Gasteiger partial charge >= 0.3 is 14.7 Å². The lowest BCUT2D eigenvalue weighted by Gasteiger charge is -2.27. The third-order valence-electron chi connectivity index (χ3n) is 8.91. The van der Waals surface area contributed by atoms with E-state index in [0.717, 1.165) is 5.56 Å². The number of rotatable bonds is 20. The summed E-state index contributed by atoms with van der Waals surface area (Å²) in [6, 6.07) is 19.4. The second-order valence-corrected chi connectivity index (χ2v) is 17.7. The van der Waals surface area contributed by atoms with Crippen molar-refractivity contribution in [2.45, 2.75) is 76.6 Å². The first-order valence-corrected chi connectivity index (χ1v) is 20.9. The summed E-state index contributed by atoms with van der Waals surface area (Å²) in [7, 11) is -10.1. The number of pyridine rings is 1. The first-order chi connectivity index (χ1) is 25.4. The maximum Gasteiger partial charge on any atom is 0.618 e. The molecule has 0 bridgehead atoms. The van der Waals surface area contributed by atoms with Crippen molar-refractivity contribution < 1.29 is 57.2 Å². The van der Waals surface area contributed by atoms with Gasteiger partial charge in [0.15, 0.2) is 5.78 Å². The molecule has 2 aromatic carbocycles. The summed E-state index contributed by atoms with van der Waals surface area (Å²) in [4.78, 5) is 96.7. The van der Waals surface area contributed by atoms with Gasteiger partial charge in [-0.2, -0.15) is 0 Å². The fourth-order valence-electron chi connectivity index (χ4n) is 6.03. The van der Waals surface area contributed by atoms with E-state index < -0.39 is 51.8 Å². The Morgan fingerprint density at radius 1 is 0.907 bits per heavy atom. The second-order valence-electron chi connectivity index (χ2n) is 13.7. The lowest BCUT2D eigenvalue weighted by atomic mass is 9.73. The number of carbonyl (C=O) groups is 4. The van der Waals surface area contributed by atoms with Gasteiger partial charge in [-0.25, -0.2) is 0 Å². The molecule has 54 heavy (non-hydrogen) atoms. The number of benzene rings is 2. The normalized spacial score (nSPS) is 15.2. The van der Waals surface area contributed by atoms with E-state index in [2.05, 4.69) is 10.3 Å². The highest BCUT2D eigenvalue weighted by Gasteiger charge is 2.43. The Morgan fingerprint density at radius 3 is 2.20 bits per heavy atom. The standard InChI is InChI=1S/C36H46BN3O12P2/c1-24(2)19-33(39-36(44)26(20-25-11-5-4-6-12-25)21-30(42)29-14-9-10-18-38-29)37-51-31-17-16-27(22-32(31)52-37)40(3)34(43)15-8-7-13-28(41)23-35(53(45,46)47)54(48,49)50/h4-6,9-12,14,16-18,22,24,26,33,35H,7-8,13,15,19-21,23H2,1-3H3,(H,39,44)(H2,45,46,47)(H2,48,49,50)/p-1/t26-,33+/m0/s1. The molecule has 1 aliphatic heterocycles. The van der Waals surface area contributed by atoms with Gasteiger partial charge in [-0.15, -0.1) is 0 Å². The van der Waals surface area contributed by atoms with Crippen LogP contribution in [0.5, 0.6) is 11.5 Å². The highest BCUT2D eigenvalue weighted by molar-refractivity contribution is 7.70. The summed E-state index contributed by atoms with van der Waals surface area (Å²) in [5.41, 5.74) is 1.67. The second kappa shape index (κ2) is 18.9. The average Bonchev–Trinajstić information content (AvgIpc) is 3.55. The summed E-state index contributed by atoms with van der Waals surface area (Å²) in [5.74, 6) is -2.03. The molecule has 0 spiro atoms. The number of anilines is 1. The van der Waals surface area contributed by atoms with Crippen LogP contribution >= 0.6 is 15.2 Å². The van der Waals surface area contributed by atoms with Crippen molar-refractivity contribution in [1.29, 1.82) is 0 Å². The van der Waals surface area contributed by atoms with Gasteiger partial charge in [0.1, 0.15) is 36.0 Å². The van der Waals surface area contributed by atoms with E-state index in [1.807, 2.05) is 44.2 Å². The summed E-state index contributed by atoms with van der Waals surface area (Å²) in [6.45, 7) is 4.00. The molecule has 0 radical (unpaired) electrons. The molecule has 0 fully saturated rings. The number of aromatic nitrogens is 1. The Hall–Kier alpha value is -4.17. The van der Waals surface area contributed by atoms with E-state index >= 15 is 0 Å². The minimum atomic E-state index is -5.46. The zero-order valence-corrected chi connectivity index (χ0v) is 32.1. The predicted octanol–water partition coefficient (Wildman–Crippen LogP) is 4.07. The summed E-state index contributed by atoms with van der Waals surface area (Å²) in [5, 5.41) is 0.587. The molecule has 4 atom stereocenters. The molecule has 18 heteroatoms. The minimum Gasteiger partial charge on any atom is -0.778 e. The molecule has 4 N–H and O–H groups in total. The number of hydrogen-bond donors (Lipinski definition) is 4. The largest absolute Gasteiger partial charge is 0.778 e. The van der Waals surface area contributed by atoms with Gasteiger partial charge in [-0.05, 0) is 61.4 Å². The van der Waals surface area contributed by atoms with Crippen LogP contribution in [-0.2, 0) is 29.9 Å². The maximum absolute atomic E-state index is 13.9. The van der Waals surface area contributed by atoms with Gasteiger partial charge in [-0.1, -0.05) is 50.2 Å². The molecule has 1 aliphatic rings. The van der Waals surface area contributed by atoms with Gasteiger partial charge in [-0.3, -0.25) is 28.7 Å². The molecule has 0 aliphatic carbocycles. The van der Waals surface area contributed by atoms with E-state index in [4.69, 9.17) is 14.2 Å². The Labute approximate surface area is 314 Å².